The number of nitrogens with one attached hydrogen (secondary N) is 1. The van der Waals surface area contributed by atoms with Gasteiger partial charge in [-0.3, -0.25) is 0 Å². The van der Waals surface area contributed by atoms with Gasteiger partial charge in [-0.2, -0.15) is 0 Å². The summed E-state index contributed by atoms with van der Waals surface area (Å²) in [6, 6.07) is 5.60. The van der Waals surface area contributed by atoms with Crippen molar-refractivity contribution in [3.63, 3.8) is 0 Å². The van der Waals surface area contributed by atoms with Crippen molar-refractivity contribution in [1.82, 2.24) is 0 Å². The zero-order valence-corrected chi connectivity index (χ0v) is 9.70. The van der Waals surface area contributed by atoms with E-state index in [1.54, 1.807) is 6.07 Å². The van der Waals surface area contributed by atoms with Gasteiger partial charge in [0.05, 0.1) is 23.9 Å². The lowest BCUT2D eigenvalue weighted by Crippen LogP contribution is -2.31. The van der Waals surface area contributed by atoms with Crippen LogP contribution in [0.1, 0.15) is 29.8 Å². The average molecular weight is 217 g/mol. The van der Waals surface area contributed by atoms with Gasteiger partial charge in [0, 0.05) is 0 Å². The summed E-state index contributed by atoms with van der Waals surface area (Å²) in [7, 11) is 1.39. The van der Waals surface area contributed by atoms with Crippen LogP contribution in [-0.4, -0.2) is 18.6 Å². The Morgan fingerprint density at radius 1 is 1.38 bits per heavy atom. The van der Waals surface area contributed by atoms with Crippen molar-refractivity contribution in [3.8, 4) is 0 Å². The molecule has 3 heteroatoms. The third-order valence-electron chi connectivity index (χ3n) is 2.63. The maximum absolute atomic E-state index is 11.6. The van der Waals surface area contributed by atoms with Gasteiger partial charge in [-0.15, -0.1) is 0 Å². The molecule has 2 rings (SSSR count). The maximum atomic E-state index is 11.6. The van der Waals surface area contributed by atoms with Crippen molar-refractivity contribution in [3.05, 3.63) is 35.4 Å². The molecule has 0 radical (unpaired) electrons. The van der Waals surface area contributed by atoms with Crippen LogP contribution in [0, 0.1) is 0 Å². The van der Waals surface area contributed by atoms with E-state index in [9.17, 15) is 4.79 Å². The fraction of sp³-hybridized carbons (Fsp3) is 0.308. The number of hydrogen-bond donors (Lipinski definition) is 1. The average Bonchev–Trinajstić information content (AvgIpc) is 2.26. The van der Waals surface area contributed by atoms with Crippen molar-refractivity contribution >= 4 is 17.7 Å². The summed E-state index contributed by atoms with van der Waals surface area (Å²) < 4.78 is 4.77. The van der Waals surface area contributed by atoms with Crippen LogP contribution in [0.5, 0.6) is 0 Å². The molecule has 0 saturated heterocycles. The van der Waals surface area contributed by atoms with Crippen LogP contribution in [0.3, 0.4) is 0 Å². The lowest BCUT2D eigenvalue weighted by atomic mass is 9.94. The van der Waals surface area contributed by atoms with Gasteiger partial charge in [0.15, 0.2) is 0 Å². The Bertz CT molecular complexity index is 461. The largest absolute Gasteiger partial charge is 0.465 e. The Kier molecular flexibility index (Phi) is 2.46. The highest BCUT2D eigenvalue weighted by Crippen LogP contribution is 2.31. The molecule has 84 valence electrons. The smallest absolute Gasteiger partial charge is 0.339 e. The van der Waals surface area contributed by atoms with Crippen molar-refractivity contribution in [1.29, 1.82) is 0 Å². The summed E-state index contributed by atoms with van der Waals surface area (Å²) in [4.78, 5) is 11.6. The van der Waals surface area contributed by atoms with Gasteiger partial charge in [-0.05, 0) is 25.5 Å². The Morgan fingerprint density at radius 2 is 2.12 bits per heavy atom. The van der Waals surface area contributed by atoms with E-state index in [-0.39, 0.29) is 11.5 Å². The number of esters is 1. The number of ether oxygens (including phenoxy) is 1. The normalized spacial score (nSPS) is 16.2. The van der Waals surface area contributed by atoms with E-state index in [1.807, 2.05) is 18.2 Å². The van der Waals surface area contributed by atoms with Gasteiger partial charge in [-0.25, -0.2) is 4.79 Å². The van der Waals surface area contributed by atoms with Gasteiger partial charge in [0.2, 0.25) is 0 Å². The molecule has 1 aliphatic rings. The van der Waals surface area contributed by atoms with Gasteiger partial charge in [-0.1, -0.05) is 24.3 Å². The third kappa shape index (κ3) is 1.81. The third-order valence-corrected chi connectivity index (χ3v) is 2.63. The van der Waals surface area contributed by atoms with Crippen LogP contribution in [0.25, 0.3) is 6.08 Å². The quantitative estimate of drug-likeness (QED) is 0.735. The molecule has 0 saturated carbocycles. The Labute approximate surface area is 95.1 Å². The van der Waals surface area contributed by atoms with E-state index in [0.717, 1.165) is 11.3 Å². The minimum atomic E-state index is -0.310. The first kappa shape index (κ1) is 10.7. The van der Waals surface area contributed by atoms with E-state index in [0.29, 0.717) is 5.56 Å². The summed E-state index contributed by atoms with van der Waals surface area (Å²) >= 11 is 0. The molecule has 0 fully saturated rings. The second-order valence-corrected chi connectivity index (χ2v) is 4.44. The Hall–Kier alpha value is -1.77. The van der Waals surface area contributed by atoms with Gasteiger partial charge < -0.3 is 10.1 Å². The van der Waals surface area contributed by atoms with Crippen LogP contribution < -0.4 is 5.32 Å². The lowest BCUT2D eigenvalue weighted by molar-refractivity contribution is 0.0601. The van der Waals surface area contributed by atoms with Crippen LogP contribution in [0.4, 0.5) is 5.69 Å². The molecule has 1 aromatic carbocycles. The van der Waals surface area contributed by atoms with Gasteiger partial charge in [0.25, 0.3) is 0 Å². The molecule has 0 unspecified atom stereocenters. The van der Waals surface area contributed by atoms with Crippen molar-refractivity contribution < 1.29 is 9.53 Å². The number of carbonyl (C=O) groups is 1. The van der Waals surface area contributed by atoms with Gasteiger partial charge >= 0.3 is 5.97 Å². The molecule has 0 amide bonds. The molecule has 1 N–H and O–H groups in total. The number of para-hydroxylation sites is 1. The maximum Gasteiger partial charge on any atom is 0.339 e. The highest BCUT2D eigenvalue weighted by Gasteiger charge is 2.23. The number of methoxy groups -OCH3 is 1. The van der Waals surface area contributed by atoms with Crippen LogP contribution in [-0.2, 0) is 4.74 Å². The summed E-state index contributed by atoms with van der Waals surface area (Å²) in [5, 5.41) is 3.33. The molecule has 3 nitrogen and oxygen atoms in total. The number of rotatable bonds is 1. The fourth-order valence-electron chi connectivity index (χ4n) is 1.79. The molecule has 0 bridgehead atoms. The molecular formula is C13H15NO2. The monoisotopic (exact) mass is 217 g/mol. The predicted octanol–water partition coefficient (Wildman–Crippen LogP) is 2.69. The van der Waals surface area contributed by atoms with Crippen LogP contribution in [0.2, 0.25) is 0 Å². The number of fused-ring (bicyclic) bond motifs is 1. The standard InChI is InChI=1S/C13H15NO2/c1-13(2)8-7-9-5-4-6-10(11(9)14-13)12(15)16-3/h4-8,14H,1-3H3. The number of anilines is 1. The minimum Gasteiger partial charge on any atom is -0.465 e. The van der Waals surface area contributed by atoms with Crippen LogP contribution >= 0.6 is 0 Å². The number of hydrogen-bond acceptors (Lipinski definition) is 3. The summed E-state index contributed by atoms with van der Waals surface area (Å²) in [5.74, 6) is -0.310. The lowest BCUT2D eigenvalue weighted by Gasteiger charge is -2.30. The van der Waals surface area contributed by atoms with E-state index < -0.39 is 0 Å². The first-order valence-electron chi connectivity index (χ1n) is 5.22. The highest BCUT2D eigenvalue weighted by atomic mass is 16.5. The fourth-order valence-corrected chi connectivity index (χ4v) is 1.79. The molecule has 1 aromatic rings. The first-order chi connectivity index (χ1) is 7.53. The molecule has 0 aromatic heterocycles. The zero-order chi connectivity index (χ0) is 11.8. The zero-order valence-electron chi connectivity index (χ0n) is 9.70. The van der Waals surface area contributed by atoms with Gasteiger partial charge in [0.1, 0.15) is 0 Å². The van der Waals surface area contributed by atoms with Crippen molar-refractivity contribution in [2.45, 2.75) is 19.4 Å². The molecule has 0 atom stereocenters. The van der Waals surface area contributed by atoms with E-state index in [2.05, 4.69) is 25.2 Å². The topological polar surface area (TPSA) is 38.3 Å². The number of benzene rings is 1. The first-order valence-corrected chi connectivity index (χ1v) is 5.22. The molecule has 16 heavy (non-hydrogen) atoms. The highest BCUT2D eigenvalue weighted by molar-refractivity contribution is 5.98. The Morgan fingerprint density at radius 3 is 2.81 bits per heavy atom. The molecule has 0 aliphatic carbocycles. The summed E-state index contributed by atoms with van der Waals surface area (Å²) in [5.41, 5.74) is 2.30. The minimum absolute atomic E-state index is 0.142. The van der Waals surface area contributed by atoms with E-state index >= 15 is 0 Å². The predicted molar refractivity (Wildman–Crippen MR) is 64.5 cm³/mol. The van der Waals surface area contributed by atoms with Crippen molar-refractivity contribution in [2.75, 3.05) is 12.4 Å². The van der Waals surface area contributed by atoms with Crippen LogP contribution in [0.15, 0.2) is 24.3 Å². The van der Waals surface area contributed by atoms with E-state index in [4.69, 9.17) is 4.74 Å². The van der Waals surface area contributed by atoms with E-state index in [1.165, 1.54) is 7.11 Å². The SMILES string of the molecule is COC(=O)c1cccc2c1NC(C)(C)C=C2. The Balaban J connectivity index is 2.53. The molecule has 0 spiro atoms. The summed E-state index contributed by atoms with van der Waals surface area (Å²) in [6.45, 7) is 4.11. The molecular weight excluding hydrogens is 202 g/mol. The molecule has 1 aliphatic heterocycles. The summed E-state index contributed by atoms with van der Waals surface area (Å²) in [6.07, 6.45) is 4.11. The number of carbonyl (C=O) groups excluding carboxylic acids is 1. The molecule has 1 heterocycles. The second-order valence-electron chi connectivity index (χ2n) is 4.44. The second kappa shape index (κ2) is 3.67. The van der Waals surface area contributed by atoms with Crippen molar-refractivity contribution in [2.24, 2.45) is 0 Å².